The molecule has 1 aliphatic rings. The number of hydrogen-bond donors (Lipinski definition) is 1. The van der Waals surface area contributed by atoms with E-state index in [1.165, 1.54) is 7.11 Å². The lowest BCUT2D eigenvalue weighted by molar-refractivity contribution is -0.143. The van der Waals surface area contributed by atoms with Crippen LogP contribution < -0.4 is 4.72 Å². The summed E-state index contributed by atoms with van der Waals surface area (Å²) in [5.41, 5.74) is 0. The van der Waals surface area contributed by atoms with E-state index < -0.39 is 11.0 Å². The summed E-state index contributed by atoms with van der Waals surface area (Å²) in [6.07, 6.45) is 3.01. The van der Waals surface area contributed by atoms with Crippen molar-refractivity contribution in [3.8, 4) is 0 Å². The fraction of sp³-hybridized carbons (Fsp3) is 0.929. The van der Waals surface area contributed by atoms with Crippen molar-refractivity contribution in [1.29, 1.82) is 0 Å². The average Bonchev–Trinajstić information content (AvgIpc) is 3.19. The quantitative estimate of drug-likeness (QED) is 0.694. The zero-order valence-electron chi connectivity index (χ0n) is 13.1. The monoisotopic (exact) mass is 305 g/mol. The molecule has 6 heteroatoms. The molecule has 0 spiro atoms. The molecule has 118 valence electrons. The van der Waals surface area contributed by atoms with Gasteiger partial charge in [-0.2, -0.15) is 0 Å². The van der Waals surface area contributed by atoms with Crippen LogP contribution in [0.15, 0.2) is 0 Å². The molecule has 0 aromatic carbocycles. The minimum Gasteiger partial charge on any atom is -0.469 e. The van der Waals surface area contributed by atoms with E-state index in [9.17, 15) is 9.00 Å². The summed E-state index contributed by atoms with van der Waals surface area (Å²) in [4.78, 5) is 11.3. The van der Waals surface area contributed by atoms with Gasteiger partial charge in [-0.25, -0.2) is 8.93 Å². The zero-order chi connectivity index (χ0) is 15.3. The summed E-state index contributed by atoms with van der Waals surface area (Å²) in [7, 11) is 1.87. The largest absolute Gasteiger partial charge is 0.469 e. The second-order valence-corrected chi connectivity index (χ2v) is 8.31. The van der Waals surface area contributed by atoms with Crippen molar-refractivity contribution in [2.45, 2.75) is 63.3 Å². The minimum atomic E-state index is -1.10. The smallest absolute Gasteiger partial charge is 0.308 e. The van der Waals surface area contributed by atoms with E-state index in [0.29, 0.717) is 12.3 Å². The summed E-state index contributed by atoms with van der Waals surface area (Å²) < 4.78 is 25.2. The number of nitrogens with one attached hydrogen (secondary N) is 1. The fourth-order valence-corrected chi connectivity index (χ4v) is 2.88. The second kappa shape index (κ2) is 7.52. The molecule has 5 nitrogen and oxygen atoms in total. The highest BCUT2D eigenvalue weighted by Gasteiger charge is 2.36. The van der Waals surface area contributed by atoms with Gasteiger partial charge in [-0.15, -0.1) is 0 Å². The third kappa shape index (κ3) is 5.89. The van der Waals surface area contributed by atoms with Gasteiger partial charge in [-0.3, -0.25) is 4.79 Å². The van der Waals surface area contributed by atoms with Gasteiger partial charge in [-0.05, 0) is 46.0 Å². The number of methoxy groups -OCH3 is 2. The van der Waals surface area contributed by atoms with Crippen molar-refractivity contribution in [3.63, 3.8) is 0 Å². The number of ether oxygens (including phenoxy) is 2. The summed E-state index contributed by atoms with van der Waals surface area (Å²) in [5, 5.41) is 0. The molecule has 1 fully saturated rings. The highest BCUT2D eigenvalue weighted by molar-refractivity contribution is 7.84. The molecule has 1 rings (SSSR count). The van der Waals surface area contributed by atoms with Crippen LogP contribution in [0.2, 0.25) is 0 Å². The van der Waals surface area contributed by atoms with E-state index in [4.69, 9.17) is 4.74 Å². The Balaban J connectivity index is 2.57. The Hall–Kier alpha value is -0.460. The molecule has 0 aliphatic heterocycles. The van der Waals surface area contributed by atoms with Crippen LogP contribution >= 0.6 is 0 Å². The molecule has 0 bridgehead atoms. The minimum absolute atomic E-state index is 0.129. The first-order valence-electron chi connectivity index (χ1n) is 7.05. The number of esters is 1. The molecule has 3 unspecified atom stereocenters. The third-order valence-corrected chi connectivity index (χ3v) is 5.11. The topological polar surface area (TPSA) is 64.6 Å². The van der Waals surface area contributed by atoms with Crippen molar-refractivity contribution in [2.75, 3.05) is 14.2 Å². The van der Waals surface area contributed by atoms with Gasteiger partial charge in [0, 0.05) is 13.2 Å². The van der Waals surface area contributed by atoms with Crippen LogP contribution in [0, 0.1) is 5.92 Å². The van der Waals surface area contributed by atoms with Crippen LogP contribution in [-0.4, -0.2) is 41.3 Å². The Morgan fingerprint density at radius 2 is 1.95 bits per heavy atom. The molecule has 0 aromatic heterocycles. The zero-order valence-corrected chi connectivity index (χ0v) is 13.9. The Kier molecular flexibility index (Phi) is 6.61. The van der Waals surface area contributed by atoms with Gasteiger partial charge < -0.3 is 9.47 Å². The third-order valence-electron chi connectivity index (χ3n) is 3.48. The Morgan fingerprint density at radius 1 is 1.35 bits per heavy atom. The average molecular weight is 305 g/mol. The van der Waals surface area contributed by atoms with Crippen LogP contribution in [0.5, 0.6) is 0 Å². The molecule has 3 atom stereocenters. The molecule has 0 heterocycles. The van der Waals surface area contributed by atoms with Gasteiger partial charge in [-0.1, -0.05) is 0 Å². The van der Waals surface area contributed by atoms with E-state index in [0.717, 1.165) is 12.8 Å². The highest BCUT2D eigenvalue weighted by atomic mass is 32.2. The van der Waals surface area contributed by atoms with Crippen LogP contribution in [0.1, 0.15) is 46.5 Å². The predicted octanol–water partition coefficient (Wildman–Crippen LogP) is 1.78. The van der Waals surface area contributed by atoms with E-state index in [1.807, 2.05) is 20.8 Å². The van der Waals surface area contributed by atoms with Gasteiger partial charge in [0.2, 0.25) is 0 Å². The van der Waals surface area contributed by atoms with Gasteiger partial charge in [0.25, 0.3) is 0 Å². The molecule has 0 saturated heterocycles. The summed E-state index contributed by atoms with van der Waals surface area (Å²) in [6.45, 7) is 5.84. The molecule has 0 radical (unpaired) electrons. The number of hydrogen-bond acceptors (Lipinski definition) is 4. The van der Waals surface area contributed by atoms with Gasteiger partial charge in [0.1, 0.15) is 0 Å². The maximum atomic E-state index is 12.2. The number of rotatable bonds is 8. The predicted molar refractivity (Wildman–Crippen MR) is 79.6 cm³/mol. The molecule has 0 amide bonds. The Morgan fingerprint density at radius 3 is 2.35 bits per heavy atom. The number of carbonyl (C=O) groups is 1. The van der Waals surface area contributed by atoms with E-state index in [1.54, 1.807) is 7.11 Å². The van der Waals surface area contributed by atoms with Crippen LogP contribution in [0.25, 0.3) is 0 Å². The lowest BCUT2D eigenvalue weighted by atomic mass is 10.0. The Labute approximate surface area is 124 Å². The summed E-state index contributed by atoms with van der Waals surface area (Å²) >= 11 is 0. The maximum Gasteiger partial charge on any atom is 0.308 e. The fourth-order valence-electron chi connectivity index (χ4n) is 1.96. The SMILES string of the molecule is COC(=O)CC(CC(NS(=O)C(C)(C)C)C1CC1)OC. The van der Waals surface area contributed by atoms with Gasteiger partial charge in [0.05, 0.1) is 35.4 Å². The van der Waals surface area contributed by atoms with E-state index in [2.05, 4.69) is 9.46 Å². The second-order valence-electron chi connectivity index (χ2n) is 6.32. The number of carbonyl (C=O) groups excluding carboxylic acids is 1. The highest BCUT2D eigenvalue weighted by Crippen LogP contribution is 2.35. The first-order valence-corrected chi connectivity index (χ1v) is 8.20. The van der Waals surface area contributed by atoms with E-state index >= 15 is 0 Å². The molecular weight excluding hydrogens is 278 g/mol. The lowest BCUT2D eigenvalue weighted by Gasteiger charge is -2.26. The molecule has 1 saturated carbocycles. The van der Waals surface area contributed by atoms with Crippen molar-refractivity contribution < 1.29 is 18.5 Å². The molecule has 20 heavy (non-hydrogen) atoms. The van der Waals surface area contributed by atoms with Crippen molar-refractivity contribution in [3.05, 3.63) is 0 Å². The van der Waals surface area contributed by atoms with Gasteiger partial charge >= 0.3 is 5.97 Å². The molecule has 1 aliphatic carbocycles. The molecular formula is C14H27NO4S. The first-order chi connectivity index (χ1) is 9.27. The molecule has 0 aromatic rings. The van der Waals surface area contributed by atoms with Gasteiger partial charge in [0.15, 0.2) is 0 Å². The maximum absolute atomic E-state index is 12.2. The summed E-state index contributed by atoms with van der Waals surface area (Å²) in [6, 6.07) is 0.129. The Bertz CT molecular complexity index is 350. The first kappa shape index (κ1) is 17.6. The summed E-state index contributed by atoms with van der Waals surface area (Å²) in [5.74, 6) is 0.264. The van der Waals surface area contributed by atoms with Crippen molar-refractivity contribution in [2.24, 2.45) is 5.92 Å². The van der Waals surface area contributed by atoms with E-state index in [-0.39, 0.29) is 29.3 Å². The van der Waals surface area contributed by atoms with Crippen LogP contribution in [0.3, 0.4) is 0 Å². The molecule has 1 N–H and O–H groups in total. The van der Waals surface area contributed by atoms with Crippen LogP contribution in [0.4, 0.5) is 0 Å². The lowest BCUT2D eigenvalue weighted by Crippen LogP contribution is -2.43. The normalized spacial score (nSPS) is 20.2. The van der Waals surface area contributed by atoms with Crippen molar-refractivity contribution >= 4 is 17.0 Å². The van der Waals surface area contributed by atoms with Crippen LogP contribution in [-0.2, 0) is 25.3 Å². The van der Waals surface area contributed by atoms with Crippen molar-refractivity contribution in [1.82, 2.24) is 4.72 Å². The standard InChI is InChI=1S/C14H27NO4S/c1-14(2,3)20(17)15-12(10-6-7-10)8-11(18-4)9-13(16)19-5/h10-12,15H,6-9H2,1-5H3.